The molecule has 0 saturated heterocycles. The maximum atomic E-state index is 13.3. The average Bonchev–Trinajstić information content (AvgIpc) is 2.93. The Morgan fingerprint density at radius 2 is 1.46 bits per heavy atom. The summed E-state index contributed by atoms with van der Waals surface area (Å²) in [5, 5.41) is 11.0. The van der Waals surface area contributed by atoms with Gasteiger partial charge >= 0.3 is 12.4 Å². The monoisotopic (exact) mass is 593 g/mol. The van der Waals surface area contributed by atoms with Crippen LogP contribution in [0.4, 0.5) is 37.8 Å². The molecule has 0 aliphatic carbocycles. The van der Waals surface area contributed by atoms with Crippen LogP contribution in [-0.2, 0) is 22.5 Å². The van der Waals surface area contributed by atoms with Crippen molar-refractivity contribution in [2.45, 2.75) is 17.2 Å². The van der Waals surface area contributed by atoms with Gasteiger partial charge in [-0.25, -0.2) is 4.98 Å². The van der Waals surface area contributed by atoms with E-state index in [0.717, 1.165) is 18.2 Å². The molecule has 0 atom stereocenters. The Hall–Kier alpha value is -4.63. The van der Waals surface area contributed by atoms with E-state index in [1.54, 1.807) is 18.2 Å². The third kappa shape index (κ3) is 7.32. The maximum absolute atomic E-state index is 13.3. The molecule has 0 aliphatic heterocycles. The molecule has 0 aliphatic rings. The van der Waals surface area contributed by atoms with Crippen LogP contribution in [0.5, 0.6) is 0 Å². The van der Waals surface area contributed by atoms with E-state index in [-0.39, 0.29) is 27.6 Å². The first-order valence-corrected chi connectivity index (χ1v) is 12.8. The molecule has 3 aromatic heterocycles. The second-order valence-corrected chi connectivity index (χ2v) is 9.63. The summed E-state index contributed by atoms with van der Waals surface area (Å²) < 4.78 is 107. The number of benzene rings is 2. The molecule has 0 fully saturated rings. The van der Waals surface area contributed by atoms with Gasteiger partial charge in [-0.2, -0.15) is 39.9 Å². The molecule has 212 valence electrons. The van der Waals surface area contributed by atoms with Gasteiger partial charge in [-0.05, 0) is 60.7 Å². The minimum Gasteiger partial charge on any atom is -0.338 e. The van der Waals surface area contributed by atoms with Gasteiger partial charge in [0.05, 0.1) is 33.4 Å². The molecule has 0 amide bonds. The fraction of sp³-hybridized carbons (Fsp3) is 0.0769. The summed E-state index contributed by atoms with van der Waals surface area (Å²) in [4.78, 5) is 7.95. The highest BCUT2D eigenvalue weighted by Gasteiger charge is 2.34. The Morgan fingerprint density at radius 3 is 2.05 bits per heavy atom. The lowest BCUT2D eigenvalue weighted by Gasteiger charge is -2.12. The first-order valence-electron chi connectivity index (χ1n) is 11.4. The first kappa shape index (κ1) is 29.4. The first-order chi connectivity index (χ1) is 19.2. The minimum absolute atomic E-state index is 0.00564. The van der Waals surface area contributed by atoms with Gasteiger partial charge in [0, 0.05) is 17.3 Å². The van der Waals surface area contributed by atoms with Gasteiger partial charge < -0.3 is 5.32 Å². The number of halogens is 6. The lowest BCUT2D eigenvalue weighted by molar-refractivity contribution is -0.138. The zero-order chi connectivity index (χ0) is 29.8. The second-order valence-electron chi connectivity index (χ2n) is 8.21. The summed E-state index contributed by atoms with van der Waals surface area (Å²) in [6, 6.07) is 16.7. The highest BCUT2D eigenvalue weighted by molar-refractivity contribution is 7.85. The van der Waals surface area contributed by atoms with Crippen LogP contribution in [-0.4, -0.2) is 33.1 Å². The lowest BCUT2D eigenvalue weighted by atomic mass is 10.1. The summed E-state index contributed by atoms with van der Waals surface area (Å²) in [5.41, 5.74) is -1.50. The quantitative estimate of drug-likeness (QED) is 0.173. The van der Waals surface area contributed by atoms with Crippen molar-refractivity contribution in [1.29, 1.82) is 0 Å². The third-order valence-electron chi connectivity index (χ3n) is 5.39. The highest BCUT2D eigenvalue weighted by atomic mass is 32.2. The van der Waals surface area contributed by atoms with Gasteiger partial charge in [-0.1, -0.05) is 18.2 Å². The van der Waals surface area contributed by atoms with Crippen molar-refractivity contribution in [3.05, 3.63) is 102 Å². The van der Waals surface area contributed by atoms with E-state index in [9.17, 15) is 34.8 Å². The van der Waals surface area contributed by atoms with Crippen molar-refractivity contribution in [2.75, 3.05) is 5.32 Å². The zero-order valence-corrected chi connectivity index (χ0v) is 21.2. The largest absolute Gasteiger partial charge is 0.418 e. The summed E-state index contributed by atoms with van der Waals surface area (Å²) >= 11 is 0. The van der Waals surface area contributed by atoms with Gasteiger partial charge in [0.25, 0.3) is 10.1 Å². The molecule has 0 spiro atoms. The second kappa shape index (κ2) is 11.5. The highest BCUT2D eigenvalue weighted by Crippen LogP contribution is 2.36. The van der Waals surface area contributed by atoms with E-state index in [1.165, 1.54) is 54.9 Å². The Labute approximate surface area is 228 Å². The van der Waals surface area contributed by atoms with Gasteiger partial charge in [0.15, 0.2) is 5.82 Å². The number of rotatable bonds is 4. The van der Waals surface area contributed by atoms with Crippen LogP contribution in [0.2, 0.25) is 0 Å². The summed E-state index contributed by atoms with van der Waals surface area (Å²) in [7, 11) is -4.00. The zero-order valence-electron chi connectivity index (χ0n) is 20.4. The Morgan fingerprint density at radius 1 is 0.780 bits per heavy atom. The van der Waals surface area contributed by atoms with E-state index >= 15 is 0 Å². The maximum Gasteiger partial charge on any atom is 0.418 e. The molecule has 0 bridgehead atoms. The molecule has 15 heteroatoms. The van der Waals surface area contributed by atoms with Crippen molar-refractivity contribution in [3.8, 4) is 11.4 Å². The summed E-state index contributed by atoms with van der Waals surface area (Å²) in [5.74, 6) is 0.188. The van der Waals surface area contributed by atoms with Gasteiger partial charge in [0.1, 0.15) is 5.69 Å². The van der Waals surface area contributed by atoms with Gasteiger partial charge in [-0.3, -0.25) is 9.54 Å². The number of anilines is 2. The normalized spacial score (nSPS) is 12.0. The van der Waals surface area contributed by atoms with Gasteiger partial charge in [-0.15, -0.1) is 5.10 Å². The number of aromatic nitrogens is 4. The van der Waals surface area contributed by atoms with Crippen LogP contribution in [0, 0.1) is 0 Å². The van der Waals surface area contributed by atoms with Crippen LogP contribution >= 0.6 is 0 Å². The van der Waals surface area contributed by atoms with Crippen molar-refractivity contribution < 1.29 is 39.3 Å². The smallest absolute Gasteiger partial charge is 0.338 e. The number of hydrogen-bond donors (Lipinski definition) is 2. The molecule has 0 unspecified atom stereocenters. The molecule has 5 rings (SSSR count). The van der Waals surface area contributed by atoms with Crippen LogP contribution in [0.1, 0.15) is 11.1 Å². The molecule has 3 heterocycles. The van der Waals surface area contributed by atoms with Crippen LogP contribution in [0.3, 0.4) is 0 Å². The van der Waals surface area contributed by atoms with Crippen molar-refractivity contribution in [2.24, 2.45) is 0 Å². The number of hydrogen-bond acceptors (Lipinski definition) is 7. The van der Waals surface area contributed by atoms with Crippen LogP contribution in [0.15, 0.2) is 96.2 Å². The number of fused-ring (bicyclic) bond motifs is 1. The molecular formula is C26H17F6N5O3S. The topological polar surface area (TPSA) is 118 Å². The van der Waals surface area contributed by atoms with Crippen molar-refractivity contribution in [1.82, 2.24) is 20.2 Å². The fourth-order valence-electron chi connectivity index (χ4n) is 3.50. The van der Waals surface area contributed by atoms with E-state index in [2.05, 4.69) is 25.5 Å². The Kier molecular flexibility index (Phi) is 8.21. The van der Waals surface area contributed by atoms with Crippen LogP contribution < -0.4 is 5.32 Å². The third-order valence-corrected chi connectivity index (χ3v) is 6.26. The van der Waals surface area contributed by atoms with E-state index in [1.807, 2.05) is 0 Å². The molecule has 0 saturated carbocycles. The predicted octanol–water partition coefficient (Wildman–Crippen LogP) is 6.80. The molecule has 5 aromatic rings. The van der Waals surface area contributed by atoms with Crippen LogP contribution in [0.25, 0.3) is 22.3 Å². The van der Waals surface area contributed by atoms with E-state index < -0.39 is 33.6 Å². The molecule has 8 nitrogen and oxygen atoms in total. The van der Waals surface area contributed by atoms with Crippen molar-refractivity contribution >= 4 is 32.5 Å². The minimum atomic E-state index is -4.61. The number of pyridine rings is 2. The Balaban J connectivity index is 0.000000328. The standard InChI is InChI=1S/C20H11F6N5.C6H6O3S/c21-19(22,23)11-3-5-12(6-4-11)29-18-13-7-8-15(30-16(13)10-28-31-18)17-14(20(24,25)26)2-1-9-27-17;7-10(8,9)6-4-2-1-3-5-6/h1-10H,(H,29,31);1-5H,(H,7,8,9). The molecule has 41 heavy (non-hydrogen) atoms. The molecule has 2 aromatic carbocycles. The SMILES string of the molecule is FC(F)(F)c1ccc(Nc2nncc3nc(-c4ncccc4C(F)(F)F)ccc23)cc1.O=S(=O)(O)c1ccccc1. The Bertz CT molecular complexity index is 1770. The van der Waals surface area contributed by atoms with Crippen molar-refractivity contribution in [3.63, 3.8) is 0 Å². The number of nitrogens with one attached hydrogen (secondary N) is 1. The predicted molar refractivity (Wildman–Crippen MR) is 137 cm³/mol. The molecular weight excluding hydrogens is 576 g/mol. The van der Waals surface area contributed by atoms with E-state index in [4.69, 9.17) is 4.55 Å². The average molecular weight is 594 g/mol. The number of nitrogens with zero attached hydrogens (tertiary/aromatic N) is 4. The van der Waals surface area contributed by atoms with E-state index in [0.29, 0.717) is 11.1 Å². The number of alkyl halides is 6. The fourth-order valence-corrected chi connectivity index (χ4v) is 4.00. The summed E-state index contributed by atoms with van der Waals surface area (Å²) in [6.45, 7) is 0. The lowest BCUT2D eigenvalue weighted by Crippen LogP contribution is -2.08. The van der Waals surface area contributed by atoms with Gasteiger partial charge in [0.2, 0.25) is 0 Å². The summed E-state index contributed by atoms with van der Waals surface area (Å²) in [6.07, 6.45) is -6.56. The molecule has 0 radical (unpaired) electrons. The molecule has 2 N–H and O–H groups in total.